The van der Waals surface area contributed by atoms with Crippen molar-refractivity contribution in [3.05, 3.63) is 59.8 Å². The lowest BCUT2D eigenvalue weighted by atomic mass is 9.87. The SMILES string of the molecule is CCn1cc(C(CC(=O)NCCCN2CCOCC2)c2ccc3c(c2)OCO3)c2ccccc21. The van der Waals surface area contributed by atoms with Gasteiger partial charge in [0.25, 0.3) is 0 Å². The van der Waals surface area contributed by atoms with Crippen LogP contribution in [0.3, 0.4) is 0 Å². The molecule has 5 rings (SSSR count). The monoisotopic (exact) mass is 463 g/mol. The second-order valence-corrected chi connectivity index (χ2v) is 8.91. The molecule has 1 unspecified atom stereocenters. The van der Waals surface area contributed by atoms with E-state index >= 15 is 0 Å². The number of morpholine rings is 1. The van der Waals surface area contributed by atoms with E-state index < -0.39 is 0 Å². The Morgan fingerprint density at radius 1 is 1.09 bits per heavy atom. The van der Waals surface area contributed by atoms with Crippen LogP contribution in [0.4, 0.5) is 0 Å². The molecular formula is C27H33N3O4. The third kappa shape index (κ3) is 4.91. The molecule has 2 aliphatic heterocycles. The Morgan fingerprint density at radius 3 is 2.76 bits per heavy atom. The van der Waals surface area contributed by atoms with Gasteiger partial charge in [-0.05, 0) is 49.2 Å². The van der Waals surface area contributed by atoms with Gasteiger partial charge in [-0.3, -0.25) is 9.69 Å². The van der Waals surface area contributed by atoms with Crippen LogP contribution in [0.5, 0.6) is 11.5 Å². The van der Waals surface area contributed by atoms with Crippen molar-refractivity contribution < 1.29 is 19.0 Å². The highest BCUT2D eigenvalue weighted by Crippen LogP contribution is 2.40. The number of ether oxygens (including phenoxy) is 3. The number of carbonyl (C=O) groups excluding carboxylic acids is 1. The molecule has 0 bridgehead atoms. The van der Waals surface area contributed by atoms with E-state index in [1.54, 1.807) is 0 Å². The van der Waals surface area contributed by atoms with E-state index in [-0.39, 0.29) is 18.6 Å². The van der Waals surface area contributed by atoms with Crippen LogP contribution in [0.25, 0.3) is 10.9 Å². The third-order valence-corrected chi connectivity index (χ3v) is 6.80. The lowest BCUT2D eigenvalue weighted by molar-refractivity contribution is -0.121. The standard InChI is InChI=1S/C27H33N3O4/c1-2-30-18-23(21-6-3-4-7-24(21)30)22(20-8-9-25-26(16-20)34-19-33-25)17-27(31)28-10-5-11-29-12-14-32-15-13-29/h3-4,6-9,16,18,22H,2,5,10-15,17,19H2,1H3,(H,28,31). The van der Waals surface area contributed by atoms with Gasteiger partial charge in [0.05, 0.1) is 13.2 Å². The van der Waals surface area contributed by atoms with Crippen molar-refractivity contribution in [1.29, 1.82) is 0 Å². The number of rotatable bonds is 9. The summed E-state index contributed by atoms with van der Waals surface area (Å²) < 4.78 is 18.8. The van der Waals surface area contributed by atoms with Crippen LogP contribution in [0.15, 0.2) is 48.7 Å². The van der Waals surface area contributed by atoms with E-state index in [2.05, 4.69) is 58.2 Å². The Hall–Kier alpha value is -3.03. The number of hydrogen-bond donors (Lipinski definition) is 1. The molecule has 180 valence electrons. The highest BCUT2D eigenvalue weighted by molar-refractivity contribution is 5.86. The summed E-state index contributed by atoms with van der Waals surface area (Å²) in [4.78, 5) is 15.5. The molecule has 3 aromatic rings. The van der Waals surface area contributed by atoms with E-state index in [9.17, 15) is 4.79 Å². The summed E-state index contributed by atoms with van der Waals surface area (Å²) in [5, 5.41) is 4.34. The zero-order chi connectivity index (χ0) is 23.3. The maximum atomic E-state index is 13.1. The summed E-state index contributed by atoms with van der Waals surface area (Å²) in [6.07, 6.45) is 3.52. The highest BCUT2D eigenvalue weighted by Gasteiger charge is 2.25. The molecule has 0 spiro atoms. The minimum Gasteiger partial charge on any atom is -0.454 e. The van der Waals surface area contributed by atoms with Crippen molar-refractivity contribution in [2.75, 3.05) is 46.2 Å². The van der Waals surface area contributed by atoms with Crippen LogP contribution < -0.4 is 14.8 Å². The fourth-order valence-corrected chi connectivity index (χ4v) is 4.96. The summed E-state index contributed by atoms with van der Waals surface area (Å²) in [5.74, 6) is 1.49. The number of hydrogen-bond acceptors (Lipinski definition) is 5. The number of amides is 1. The highest BCUT2D eigenvalue weighted by atomic mass is 16.7. The predicted molar refractivity (Wildman–Crippen MR) is 132 cm³/mol. The first-order valence-corrected chi connectivity index (χ1v) is 12.3. The largest absolute Gasteiger partial charge is 0.454 e. The molecule has 1 atom stereocenters. The van der Waals surface area contributed by atoms with E-state index in [0.29, 0.717) is 13.0 Å². The second kappa shape index (κ2) is 10.5. The van der Waals surface area contributed by atoms with E-state index in [1.165, 1.54) is 16.5 Å². The van der Waals surface area contributed by atoms with Crippen LogP contribution in [-0.2, 0) is 16.1 Å². The van der Waals surface area contributed by atoms with Gasteiger partial charge in [0.2, 0.25) is 12.7 Å². The average molecular weight is 464 g/mol. The first-order chi connectivity index (χ1) is 16.7. The molecule has 0 saturated carbocycles. The van der Waals surface area contributed by atoms with Gasteiger partial charge in [-0.25, -0.2) is 0 Å². The normalized spacial score (nSPS) is 16.6. The minimum atomic E-state index is -0.0774. The molecule has 1 N–H and O–H groups in total. The van der Waals surface area contributed by atoms with Crippen molar-refractivity contribution in [1.82, 2.24) is 14.8 Å². The maximum absolute atomic E-state index is 13.1. The summed E-state index contributed by atoms with van der Waals surface area (Å²) in [6, 6.07) is 14.5. The van der Waals surface area contributed by atoms with E-state index in [1.807, 2.05) is 12.1 Å². The lowest BCUT2D eigenvalue weighted by Crippen LogP contribution is -2.38. The number of benzene rings is 2. The van der Waals surface area contributed by atoms with Crippen molar-refractivity contribution >= 4 is 16.8 Å². The second-order valence-electron chi connectivity index (χ2n) is 8.91. The first kappa shape index (κ1) is 22.7. The molecule has 2 aliphatic rings. The molecule has 2 aromatic carbocycles. The molecule has 1 amide bonds. The molecule has 1 fully saturated rings. The molecule has 7 nitrogen and oxygen atoms in total. The molecular weight excluding hydrogens is 430 g/mol. The number of aromatic nitrogens is 1. The van der Waals surface area contributed by atoms with Gasteiger partial charge in [-0.1, -0.05) is 24.3 Å². The summed E-state index contributed by atoms with van der Waals surface area (Å²) >= 11 is 0. The zero-order valence-electron chi connectivity index (χ0n) is 19.8. The minimum absolute atomic E-state index is 0.0676. The molecule has 3 heterocycles. The van der Waals surface area contributed by atoms with Crippen LogP contribution in [0.2, 0.25) is 0 Å². The number of fused-ring (bicyclic) bond motifs is 2. The number of para-hydroxylation sites is 1. The Morgan fingerprint density at radius 2 is 1.91 bits per heavy atom. The van der Waals surface area contributed by atoms with Crippen molar-refractivity contribution in [2.24, 2.45) is 0 Å². The summed E-state index contributed by atoms with van der Waals surface area (Å²) in [6.45, 7) is 8.48. The van der Waals surface area contributed by atoms with Gasteiger partial charge >= 0.3 is 0 Å². The Balaban J connectivity index is 1.34. The van der Waals surface area contributed by atoms with Gasteiger partial charge < -0.3 is 24.1 Å². The molecule has 1 aromatic heterocycles. The van der Waals surface area contributed by atoms with Gasteiger partial charge in [0.15, 0.2) is 11.5 Å². The quantitative estimate of drug-likeness (QED) is 0.490. The van der Waals surface area contributed by atoms with Gasteiger partial charge in [-0.15, -0.1) is 0 Å². The van der Waals surface area contributed by atoms with Gasteiger partial charge in [-0.2, -0.15) is 0 Å². The molecule has 34 heavy (non-hydrogen) atoms. The number of nitrogens with one attached hydrogen (secondary N) is 1. The number of carbonyl (C=O) groups is 1. The molecule has 7 heteroatoms. The lowest BCUT2D eigenvalue weighted by Gasteiger charge is -2.26. The summed E-state index contributed by atoms with van der Waals surface area (Å²) in [5.41, 5.74) is 3.42. The van der Waals surface area contributed by atoms with Crippen LogP contribution in [0, 0.1) is 0 Å². The number of nitrogens with zero attached hydrogens (tertiary/aromatic N) is 2. The van der Waals surface area contributed by atoms with Gasteiger partial charge in [0, 0.05) is 55.6 Å². The topological polar surface area (TPSA) is 65.0 Å². The Bertz CT molecular complexity index is 1140. The number of aryl methyl sites for hydroxylation is 1. The predicted octanol–water partition coefficient (Wildman–Crippen LogP) is 3.75. The Labute approximate surface area is 200 Å². The van der Waals surface area contributed by atoms with Crippen molar-refractivity contribution in [3.8, 4) is 11.5 Å². The third-order valence-electron chi connectivity index (χ3n) is 6.80. The smallest absolute Gasteiger partial charge is 0.231 e. The van der Waals surface area contributed by atoms with E-state index in [4.69, 9.17) is 14.2 Å². The fraction of sp³-hybridized carbons (Fsp3) is 0.444. The van der Waals surface area contributed by atoms with Crippen molar-refractivity contribution in [2.45, 2.75) is 32.2 Å². The molecule has 1 saturated heterocycles. The fourth-order valence-electron chi connectivity index (χ4n) is 4.96. The Kier molecular flexibility index (Phi) is 7.02. The van der Waals surface area contributed by atoms with E-state index in [0.717, 1.165) is 62.9 Å². The molecule has 0 aliphatic carbocycles. The van der Waals surface area contributed by atoms with Gasteiger partial charge in [0.1, 0.15) is 0 Å². The zero-order valence-corrected chi connectivity index (χ0v) is 19.8. The molecule has 0 radical (unpaired) electrons. The first-order valence-electron chi connectivity index (χ1n) is 12.3. The van der Waals surface area contributed by atoms with Crippen molar-refractivity contribution in [3.63, 3.8) is 0 Å². The summed E-state index contributed by atoms with van der Waals surface area (Å²) in [7, 11) is 0. The maximum Gasteiger partial charge on any atom is 0.231 e. The van der Waals surface area contributed by atoms with Crippen LogP contribution >= 0.6 is 0 Å². The van der Waals surface area contributed by atoms with Crippen LogP contribution in [0.1, 0.15) is 36.8 Å². The van der Waals surface area contributed by atoms with Crippen LogP contribution in [-0.4, -0.2) is 61.6 Å². The average Bonchev–Trinajstić information content (AvgIpc) is 3.50.